The molecule has 0 spiro atoms. The Balaban J connectivity index is 3.28. The predicted octanol–water partition coefficient (Wildman–Crippen LogP) is 3.04. The average molecular weight is 226 g/mol. The van der Waals surface area contributed by atoms with E-state index < -0.39 is 18.0 Å². The van der Waals surface area contributed by atoms with E-state index in [9.17, 15) is 8.78 Å². The lowest BCUT2D eigenvalue weighted by Crippen LogP contribution is -2.25. The highest BCUT2D eigenvalue weighted by Crippen LogP contribution is 2.37. The van der Waals surface area contributed by atoms with Crippen molar-refractivity contribution in [3.05, 3.63) is 33.8 Å². The van der Waals surface area contributed by atoms with Crippen LogP contribution in [-0.2, 0) is 5.92 Å². The van der Waals surface area contributed by atoms with Gasteiger partial charge in [0.15, 0.2) is 0 Å². The Morgan fingerprint density at radius 2 is 1.69 bits per heavy atom. The Labute approximate surface area is 84.4 Å². The molecule has 0 heterocycles. The Morgan fingerprint density at radius 1 is 1.23 bits per heavy atom. The van der Waals surface area contributed by atoms with Crippen LogP contribution in [0.25, 0.3) is 0 Å². The van der Waals surface area contributed by atoms with Gasteiger partial charge in [-0.05, 0) is 12.1 Å². The number of hydrogen-bond acceptors (Lipinski definition) is 1. The zero-order valence-electron chi connectivity index (χ0n) is 6.53. The molecule has 13 heavy (non-hydrogen) atoms. The maximum absolute atomic E-state index is 13.1. The molecule has 0 radical (unpaired) electrons. The van der Waals surface area contributed by atoms with Gasteiger partial charge in [-0.2, -0.15) is 8.78 Å². The van der Waals surface area contributed by atoms with Gasteiger partial charge in [-0.3, -0.25) is 0 Å². The zero-order valence-corrected chi connectivity index (χ0v) is 8.04. The highest BCUT2D eigenvalue weighted by molar-refractivity contribution is 6.36. The molecule has 1 aromatic rings. The number of benzene rings is 1. The summed E-state index contributed by atoms with van der Waals surface area (Å²) in [4.78, 5) is 0. The second-order valence-corrected chi connectivity index (χ2v) is 3.32. The quantitative estimate of drug-likeness (QED) is 0.823. The fraction of sp³-hybridized carbons (Fsp3) is 0.250. The lowest BCUT2D eigenvalue weighted by Gasteiger charge is -2.16. The molecule has 0 aliphatic heterocycles. The minimum absolute atomic E-state index is 0.0667. The van der Waals surface area contributed by atoms with Gasteiger partial charge in [-0.25, -0.2) is 0 Å². The molecular weight excluding hydrogens is 219 g/mol. The first kappa shape index (κ1) is 10.7. The Hall–Kier alpha value is -0.380. The van der Waals surface area contributed by atoms with Crippen molar-refractivity contribution >= 4 is 23.2 Å². The lowest BCUT2D eigenvalue weighted by molar-refractivity contribution is 0.00618. The highest BCUT2D eigenvalue weighted by Gasteiger charge is 2.34. The van der Waals surface area contributed by atoms with Crippen molar-refractivity contribution in [2.24, 2.45) is 5.73 Å². The molecule has 1 nitrogen and oxygen atoms in total. The van der Waals surface area contributed by atoms with Crippen molar-refractivity contribution < 1.29 is 8.78 Å². The summed E-state index contributed by atoms with van der Waals surface area (Å²) >= 11 is 11.1. The van der Waals surface area contributed by atoms with E-state index >= 15 is 0 Å². The van der Waals surface area contributed by atoms with Gasteiger partial charge in [0.1, 0.15) is 0 Å². The lowest BCUT2D eigenvalue weighted by atomic mass is 10.1. The molecule has 0 atom stereocenters. The fourth-order valence-corrected chi connectivity index (χ4v) is 1.62. The SMILES string of the molecule is NCC(F)(F)c1c(Cl)cccc1Cl. The minimum Gasteiger partial charge on any atom is -0.325 e. The maximum Gasteiger partial charge on any atom is 0.288 e. The van der Waals surface area contributed by atoms with E-state index in [1.807, 2.05) is 0 Å². The van der Waals surface area contributed by atoms with Gasteiger partial charge in [-0.1, -0.05) is 29.3 Å². The molecular formula is C8H7Cl2F2N. The molecule has 0 aliphatic carbocycles. The Kier molecular flexibility index (Phi) is 3.11. The van der Waals surface area contributed by atoms with E-state index in [-0.39, 0.29) is 10.0 Å². The first-order valence-corrected chi connectivity index (χ1v) is 4.27. The second kappa shape index (κ2) is 3.78. The van der Waals surface area contributed by atoms with E-state index in [4.69, 9.17) is 28.9 Å². The highest BCUT2D eigenvalue weighted by atomic mass is 35.5. The Morgan fingerprint density at radius 3 is 2.08 bits per heavy atom. The monoisotopic (exact) mass is 225 g/mol. The van der Waals surface area contributed by atoms with Crippen LogP contribution in [0.15, 0.2) is 18.2 Å². The van der Waals surface area contributed by atoms with Gasteiger partial charge in [0.25, 0.3) is 5.92 Å². The van der Waals surface area contributed by atoms with Crippen LogP contribution in [0.2, 0.25) is 10.0 Å². The molecule has 0 fully saturated rings. The predicted molar refractivity (Wildman–Crippen MR) is 49.4 cm³/mol. The van der Waals surface area contributed by atoms with Gasteiger partial charge < -0.3 is 5.73 Å². The van der Waals surface area contributed by atoms with E-state index in [2.05, 4.69) is 0 Å². The van der Waals surface area contributed by atoms with Crippen LogP contribution in [0.4, 0.5) is 8.78 Å². The largest absolute Gasteiger partial charge is 0.325 e. The molecule has 1 rings (SSSR count). The summed E-state index contributed by atoms with van der Waals surface area (Å²) in [5.41, 5.74) is 4.51. The molecule has 0 bridgehead atoms. The van der Waals surface area contributed by atoms with E-state index in [0.717, 1.165) is 0 Å². The van der Waals surface area contributed by atoms with Crippen LogP contribution in [0.1, 0.15) is 5.56 Å². The molecule has 0 saturated carbocycles. The minimum atomic E-state index is -3.17. The summed E-state index contributed by atoms with van der Waals surface area (Å²) in [6.45, 7) is -0.809. The third-order valence-electron chi connectivity index (χ3n) is 1.58. The van der Waals surface area contributed by atoms with E-state index in [0.29, 0.717) is 0 Å². The molecule has 5 heteroatoms. The molecule has 1 aromatic carbocycles. The molecule has 0 aromatic heterocycles. The summed E-state index contributed by atoms with van der Waals surface area (Å²) in [6, 6.07) is 4.21. The smallest absolute Gasteiger partial charge is 0.288 e. The first-order chi connectivity index (χ1) is 5.99. The third kappa shape index (κ3) is 2.10. The summed E-state index contributed by atoms with van der Waals surface area (Å²) in [6.07, 6.45) is 0. The number of halogens is 4. The van der Waals surface area contributed by atoms with Crippen LogP contribution in [0.5, 0.6) is 0 Å². The van der Waals surface area contributed by atoms with Crippen LogP contribution < -0.4 is 5.73 Å². The Bertz CT molecular complexity index is 295. The van der Waals surface area contributed by atoms with E-state index in [1.165, 1.54) is 18.2 Å². The summed E-state index contributed by atoms with van der Waals surface area (Å²) in [5.74, 6) is -3.17. The molecule has 0 saturated heterocycles. The number of hydrogen-bond donors (Lipinski definition) is 1. The number of rotatable bonds is 2. The van der Waals surface area contributed by atoms with Crippen LogP contribution >= 0.6 is 23.2 Å². The van der Waals surface area contributed by atoms with Crippen LogP contribution in [0.3, 0.4) is 0 Å². The average Bonchev–Trinajstić information content (AvgIpc) is 2.03. The van der Waals surface area contributed by atoms with Crippen molar-refractivity contribution in [1.82, 2.24) is 0 Å². The summed E-state index contributed by atoms with van der Waals surface area (Å²) in [5, 5.41) is -0.133. The standard InChI is InChI=1S/C8H7Cl2F2N/c9-5-2-1-3-6(10)7(5)8(11,12)4-13/h1-3H,4,13H2. The van der Waals surface area contributed by atoms with Gasteiger partial charge in [0.2, 0.25) is 0 Å². The van der Waals surface area contributed by atoms with E-state index in [1.54, 1.807) is 0 Å². The first-order valence-electron chi connectivity index (χ1n) is 3.51. The van der Waals surface area contributed by atoms with Crippen molar-refractivity contribution in [2.75, 3.05) is 6.54 Å². The summed E-state index contributed by atoms with van der Waals surface area (Å²) in [7, 11) is 0. The van der Waals surface area contributed by atoms with Crippen molar-refractivity contribution in [3.63, 3.8) is 0 Å². The normalized spacial score (nSPS) is 11.8. The number of nitrogens with two attached hydrogens (primary N) is 1. The molecule has 2 N–H and O–H groups in total. The van der Waals surface area contributed by atoms with Crippen molar-refractivity contribution in [2.45, 2.75) is 5.92 Å². The van der Waals surface area contributed by atoms with Gasteiger partial charge in [-0.15, -0.1) is 0 Å². The number of alkyl halides is 2. The van der Waals surface area contributed by atoms with Crippen molar-refractivity contribution in [3.8, 4) is 0 Å². The zero-order chi connectivity index (χ0) is 10.1. The molecule has 0 unspecified atom stereocenters. The van der Waals surface area contributed by atoms with Crippen LogP contribution in [0, 0.1) is 0 Å². The molecule has 72 valence electrons. The topological polar surface area (TPSA) is 26.0 Å². The van der Waals surface area contributed by atoms with Crippen LogP contribution in [-0.4, -0.2) is 6.54 Å². The maximum atomic E-state index is 13.1. The molecule has 0 aliphatic rings. The fourth-order valence-electron chi connectivity index (χ4n) is 0.949. The molecule has 0 amide bonds. The van der Waals surface area contributed by atoms with Crippen molar-refractivity contribution in [1.29, 1.82) is 0 Å². The second-order valence-electron chi connectivity index (χ2n) is 2.51. The van der Waals surface area contributed by atoms with Gasteiger partial charge in [0, 0.05) is 0 Å². The van der Waals surface area contributed by atoms with Gasteiger partial charge in [0.05, 0.1) is 22.2 Å². The summed E-state index contributed by atoms with van der Waals surface area (Å²) < 4.78 is 26.2. The van der Waals surface area contributed by atoms with Gasteiger partial charge >= 0.3 is 0 Å². The third-order valence-corrected chi connectivity index (χ3v) is 2.21.